The first-order valence-corrected chi connectivity index (χ1v) is 7.38. The van der Waals surface area contributed by atoms with Crippen LogP contribution >= 0.6 is 31.9 Å². The molecule has 0 spiro atoms. The maximum absolute atomic E-state index is 3.66. The van der Waals surface area contributed by atoms with Crippen LogP contribution in [0.5, 0.6) is 0 Å². The predicted octanol–water partition coefficient (Wildman–Crippen LogP) is 5.12. The number of halogens is 2. The third kappa shape index (κ3) is 2.62. The van der Waals surface area contributed by atoms with Gasteiger partial charge in [-0.2, -0.15) is 0 Å². The van der Waals surface area contributed by atoms with Crippen molar-refractivity contribution < 1.29 is 0 Å². The summed E-state index contributed by atoms with van der Waals surface area (Å²) in [4.78, 5) is 0. The average molecular weight is 347 g/mol. The molecule has 0 bridgehead atoms. The molecule has 2 atom stereocenters. The summed E-state index contributed by atoms with van der Waals surface area (Å²) in [7, 11) is 0. The highest BCUT2D eigenvalue weighted by Crippen LogP contribution is 2.36. The summed E-state index contributed by atoms with van der Waals surface area (Å²) in [5.41, 5.74) is 2.47. The SMILES string of the molecule is Cc1cc(Br)c(NC2CCCC2C)c(Br)c1. The minimum atomic E-state index is 0.621. The smallest absolute Gasteiger partial charge is 0.0631 e. The van der Waals surface area contributed by atoms with Crippen LogP contribution in [0.3, 0.4) is 0 Å². The maximum atomic E-state index is 3.66. The van der Waals surface area contributed by atoms with Crippen LogP contribution in [0.4, 0.5) is 5.69 Å². The third-order valence-electron chi connectivity index (χ3n) is 3.38. The van der Waals surface area contributed by atoms with Gasteiger partial charge in [-0.25, -0.2) is 0 Å². The molecule has 1 aromatic carbocycles. The van der Waals surface area contributed by atoms with Gasteiger partial charge in [-0.15, -0.1) is 0 Å². The van der Waals surface area contributed by atoms with Crippen molar-refractivity contribution in [1.82, 2.24) is 0 Å². The number of hydrogen-bond donors (Lipinski definition) is 1. The molecule has 0 aromatic heterocycles. The lowest BCUT2D eigenvalue weighted by Gasteiger charge is -2.21. The lowest BCUT2D eigenvalue weighted by molar-refractivity contribution is 0.556. The minimum absolute atomic E-state index is 0.621. The van der Waals surface area contributed by atoms with Crippen LogP contribution in [-0.2, 0) is 0 Å². The topological polar surface area (TPSA) is 12.0 Å². The lowest BCUT2D eigenvalue weighted by Crippen LogP contribution is -2.22. The van der Waals surface area contributed by atoms with Crippen LogP contribution < -0.4 is 5.32 Å². The second kappa shape index (κ2) is 5.09. The number of anilines is 1. The predicted molar refractivity (Wildman–Crippen MR) is 77.0 cm³/mol. The lowest BCUT2D eigenvalue weighted by atomic mass is 10.1. The van der Waals surface area contributed by atoms with Crippen LogP contribution in [0.1, 0.15) is 31.7 Å². The van der Waals surface area contributed by atoms with E-state index >= 15 is 0 Å². The van der Waals surface area contributed by atoms with E-state index < -0.39 is 0 Å². The van der Waals surface area contributed by atoms with Gasteiger partial charge < -0.3 is 5.32 Å². The van der Waals surface area contributed by atoms with E-state index in [0.717, 1.165) is 14.9 Å². The Morgan fingerprint density at radius 2 is 1.81 bits per heavy atom. The molecule has 2 unspecified atom stereocenters. The molecule has 1 nitrogen and oxygen atoms in total. The van der Waals surface area contributed by atoms with Gasteiger partial charge in [0.25, 0.3) is 0 Å². The Labute approximate surface area is 114 Å². The van der Waals surface area contributed by atoms with Crippen LogP contribution in [-0.4, -0.2) is 6.04 Å². The normalized spacial score (nSPS) is 24.8. The zero-order valence-electron chi connectivity index (χ0n) is 9.69. The summed E-state index contributed by atoms with van der Waals surface area (Å²) in [6, 6.07) is 4.94. The van der Waals surface area contributed by atoms with E-state index in [1.165, 1.54) is 30.5 Å². The van der Waals surface area contributed by atoms with Gasteiger partial charge in [0.15, 0.2) is 0 Å². The highest BCUT2D eigenvalue weighted by atomic mass is 79.9. The number of benzene rings is 1. The number of aryl methyl sites for hydroxylation is 1. The molecule has 0 radical (unpaired) electrons. The van der Waals surface area contributed by atoms with Crippen molar-refractivity contribution in [2.24, 2.45) is 5.92 Å². The quantitative estimate of drug-likeness (QED) is 0.783. The van der Waals surface area contributed by atoms with Gasteiger partial charge in [-0.3, -0.25) is 0 Å². The van der Waals surface area contributed by atoms with Gasteiger partial charge in [-0.1, -0.05) is 13.3 Å². The maximum Gasteiger partial charge on any atom is 0.0631 e. The average Bonchev–Trinajstić information content (AvgIpc) is 2.57. The molecule has 0 heterocycles. The minimum Gasteiger partial charge on any atom is -0.380 e. The molecule has 1 aromatic rings. The van der Waals surface area contributed by atoms with Gasteiger partial charge in [0.1, 0.15) is 0 Å². The van der Waals surface area contributed by atoms with Gasteiger partial charge in [0, 0.05) is 15.0 Å². The van der Waals surface area contributed by atoms with Gasteiger partial charge in [0.2, 0.25) is 0 Å². The summed E-state index contributed by atoms with van der Waals surface area (Å²) in [6.07, 6.45) is 3.98. The standard InChI is InChI=1S/C13H17Br2N/c1-8-6-10(14)13(11(15)7-8)16-12-5-3-4-9(12)2/h6-7,9,12,16H,3-5H2,1-2H3. The van der Waals surface area contributed by atoms with Crippen molar-refractivity contribution in [3.8, 4) is 0 Å². The molecule has 16 heavy (non-hydrogen) atoms. The summed E-state index contributed by atoms with van der Waals surface area (Å²) in [6.45, 7) is 4.44. The molecule has 1 aliphatic rings. The fourth-order valence-corrected chi connectivity index (χ4v) is 4.03. The number of hydrogen-bond acceptors (Lipinski definition) is 1. The largest absolute Gasteiger partial charge is 0.380 e. The first-order chi connectivity index (χ1) is 7.58. The highest BCUT2D eigenvalue weighted by Gasteiger charge is 2.24. The molecule has 1 N–H and O–H groups in total. The monoisotopic (exact) mass is 345 g/mol. The molecule has 1 aliphatic carbocycles. The summed E-state index contributed by atoms with van der Waals surface area (Å²) < 4.78 is 2.30. The Balaban J connectivity index is 2.21. The Hall–Kier alpha value is -0.0200. The fourth-order valence-electron chi connectivity index (χ4n) is 2.38. The van der Waals surface area contributed by atoms with E-state index in [1.54, 1.807) is 0 Å². The first kappa shape index (κ1) is 12.4. The Morgan fingerprint density at radius 1 is 1.19 bits per heavy atom. The Morgan fingerprint density at radius 3 is 2.31 bits per heavy atom. The van der Waals surface area contributed by atoms with Crippen LogP contribution in [0.25, 0.3) is 0 Å². The van der Waals surface area contributed by atoms with Crippen molar-refractivity contribution >= 4 is 37.5 Å². The fraction of sp³-hybridized carbons (Fsp3) is 0.538. The summed E-state index contributed by atoms with van der Waals surface area (Å²) in [5, 5.41) is 3.66. The zero-order valence-corrected chi connectivity index (χ0v) is 12.9. The number of nitrogens with one attached hydrogen (secondary N) is 1. The van der Waals surface area contributed by atoms with Crippen molar-refractivity contribution in [2.45, 2.75) is 39.2 Å². The van der Waals surface area contributed by atoms with E-state index in [-0.39, 0.29) is 0 Å². The molecule has 88 valence electrons. The Kier molecular flexibility index (Phi) is 3.96. The summed E-state index contributed by atoms with van der Waals surface area (Å²) in [5.74, 6) is 0.778. The Bertz CT molecular complexity index is 367. The van der Waals surface area contributed by atoms with E-state index in [9.17, 15) is 0 Å². The number of rotatable bonds is 2. The molecule has 0 saturated heterocycles. The van der Waals surface area contributed by atoms with E-state index in [0.29, 0.717) is 6.04 Å². The van der Waals surface area contributed by atoms with Gasteiger partial charge in [0.05, 0.1) is 5.69 Å². The molecule has 0 aliphatic heterocycles. The van der Waals surface area contributed by atoms with Crippen molar-refractivity contribution in [1.29, 1.82) is 0 Å². The molecule has 0 amide bonds. The molecular weight excluding hydrogens is 330 g/mol. The van der Waals surface area contributed by atoms with E-state index in [2.05, 4.69) is 63.2 Å². The van der Waals surface area contributed by atoms with Crippen LogP contribution in [0.2, 0.25) is 0 Å². The van der Waals surface area contributed by atoms with Gasteiger partial charge in [-0.05, 0) is 75.2 Å². The third-order valence-corrected chi connectivity index (χ3v) is 4.63. The van der Waals surface area contributed by atoms with Crippen molar-refractivity contribution in [3.63, 3.8) is 0 Å². The molecule has 2 rings (SSSR count). The zero-order chi connectivity index (χ0) is 11.7. The van der Waals surface area contributed by atoms with Crippen LogP contribution in [0, 0.1) is 12.8 Å². The molecular formula is C13H17Br2N. The molecule has 3 heteroatoms. The van der Waals surface area contributed by atoms with Crippen molar-refractivity contribution in [3.05, 3.63) is 26.6 Å². The van der Waals surface area contributed by atoms with E-state index in [4.69, 9.17) is 0 Å². The summed E-state index contributed by atoms with van der Waals surface area (Å²) >= 11 is 7.27. The van der Waals surface area contributed by atoms with Crippen molar-refractivity contribution in [2.75, 3.05) is 5.32 Å². The van der Waals surface area contributed by atoms with E-state index in [1.807, 2.05) is 0 Å². The molecule has 1 fully saturated rings. The first-order valence-electron chi connectivity index (χ1n) is 5.80. The second-order valence-electron chi connectivity index (χ2n) is 4.76. The highest BCUT2D eigenvalue weighted by molar-refractivity contribution is 9.11. The second-order valence-corrected chi connectivity index (χ2v) is 6.47. The molecule has 1 saturated carbocycles. The van der Waals surface area contributed by atoms with Crippen LogP contribution in [0.15, 0.2) is 21.1 Å². The van der Waals surface area contributed by atoms with Gasteiger partial charge >= 0.3 is 0 Å².